The van der Waals surface area contributed by atoms with E-state index in [2.05, 4.69) is 88.4 Å². The van der Waals surface area contributed by atoms with Crippen LogP contribution in [0.25, 0.3) is 35.1 Å². The number of ether oxygens (including phenoxy) is 6. The number of fused-ring (bicyclic) bond motifs is 1. The SMILES string of the molecule is COc1cc(/C=C/c2ccc(/C=C/c3cc(OC)c(OCC(C)C)c(OC)c3)c3ccccc23)cc(OC)c1OCC(C)C. The summed E-state index contributed by atoms with van der Waals surface area (Å²) in [7, 11) is 6.58. The molecule has 0 aliphatic carbocycles. The Hall–Kier alpha value is -4.58. The van der Waals surface area contributed by atoms with Crippen molar-refractivity contribution in [1.29, 1.82) is 0 Å². The highest BCUT2D eigenvalue weighted by Crippen LogP contribution is 2.41. The molecule has 0 aliphatic rings. The topological polar surface area (TPSA) is 55.4 Å². The van der Waals surface area contributed by atoms with Crippen LogP contribution < -0.4 is 28.4 Å². The standard InChI is InChI=1S/C38H44O6/c1-25(2)23-43-37-33(39-5)19-27(20-34(37)40-6)13-15-29-17-18-30(32-12-10-9-11-31(29)32)16-14-28-21-35(41-7)38(36(22-28)42-8)44-24-26(3)4/h9-22,25-26H,23-24H2,1-8H3/b15-13+,16-14+. The van der Waals surface area contributed by atoms with E-state index in [-0.39, 0.29) is 0 Å². The molecule has 0 saturated carbocycles. The van der Waals surface area contributed by atoms with Gasteiger partial charge in [-0.25, -0.2) is 0 Å². The molecular formula is C38H44O6. The fourth-order valence-electron chi connectivity index (χ4n) is 4.79. The van der Waals surface area contributed by atoms with Gasteiger partial charge in [0.05, 0.1) is 41.7 Å². The molecule has 6 heteroatoms. The van der Waals surface area contributed by atoms with Gasteiger partial charge < -0.3 is 28.4 Å². The lowest BCUT2D eigenvalue weighted by molar-refractivity contribution is 0.243. The lowest BCUT2D eigenvalue weighted by Crippen LogP contribution is -2.07. The van der Waals surface area contributed by atoms with Crippen molar-refractivity contribution in [3.8, 4) is 34.5 Å². The Balaban J connectivity index is 1.65. The Labute approximate surface area is 261 Å². The summed E-state index contributed by atoms with van der Waals surface area (Å²) in [6.07, 6.45) is 8.36. The Bertz CT molecular complexity index is 1450. The first-order valence-corrected chi connectivity index (χ1v) is 14.9. The van der Waals surface area contributed by atoms with Gasteiger partial charge in [-0.1, -0.05) is 88.4 Å². The van der Waals surface area contributed by atoms with E-state index in [1.54, 1.807) is 28.4 Å². The molecule has 0 bridgehead atoms. The van der Waals surface area contributed by atoms with Crippen LogP contribution in [0, 0.1) is 11.8 Å². The third kappa shape index (κ3) is 7.87. The fourth-order valence-corrected chi connectivity index (χ4v) is 4.79. The lowest BCUT2D eigenvalue weighted by Gasteiger charge is -2.16. The molecular weight excluding hydrogens is 552 g/mol. The van der Waals surface area contributed by atoms with Gasteiger partial charge in [-0.15, -0.1) is 0 Å². The van der Waals surface area contributed by atoms with Gasteiger partial charge in [-0.2, -0.15) is 0 Å². The van der Waals surface area contributed by atoms with Gasteiger partial charge in [0.25, 0.3) is 0 Å². The van der Waals surface area contributed by atoms with Crippen LogP contribution in [-0.4, -0.2) is 41.7 Å². The molecule has 4 aromatic carbocycles. The maximum absolute atomic E-state index is 6.01. The maximum atomic E-state index is 6.01. The summed E-state index contributed by atoms with van der Waals surface area (Å²) in [4.78, 5) is 0. The summed E-state index contributed by atoms with van der Waals surface area (Å²) in [5, 5.41) is 2.30. The monoisotopic (exact) mass is 596 g/mol. The van der Waals surface area contributed by atoms with E-state index in [4.69, 9.17) is 28.4 Å². The number of hydrogen-bond acceptors (Lipinski definition) is 6. The number of rotatable bonds is 14. The summed E-state index contributed by atoms with van der Waals surface area (Å²) < 4.78 is 34.6. The molecule has 0 saturated heterocycles. The molecule has 0 unspecified atom stereocenters. The van der Waals surface area contributed by atoms with Crippen molar-refractivity contribution in [2.75, 3.05) is 41.7 Å². The van der Waals surface area contributed by atoms with E-state index >= 15 is 0 Å². The number of benzene rings is 4. The fraction of sp³-hybridized carbons (Fsp3) is 0.316. The minimum absolute atomic E-state index is 0.385. The highest BCUT2D eigenvalue weighted by molar-refractivity contribution is 5.99. The van der Waals surface area contributed by atoms with E-state index in [0.29, 0.717) is 59.5 Å². The van der Waals surface area contributed by atoms with Crippen molar-refractivity contribution in [2.45, 2.75) is 27.7 Å². The Kier molecular flexibility index (Phi) is 11.2. The van der Waals surface area contributed by atoms with Crippen LogP contribution in [0.4, 0.5) is 0 Å². The van der Waals surface area contributed by atoms with Crippen molar-refractivity contribution in [3.05, 3.63) is 82.9 Å². The second kappa shape index (κ2) is 15.2. The quantitative estimate of drug-likeness (QED) is 0.135. The third-order valence-corrected chi connectivity index (χ3v) is 6.99. The van der Waals surface area contributed by atoms with Gasteiger partial charge in [0, 0.05) is 0 Å². The molecule has 0 N–H and O–H groups in total. The summed E-state index contributed by atoms with van der Waals surface area (Å²) in [5.74, 6) is 4.58. The zero-order valence-corrected chi connectivity index (χ0v) is 27.1. The molecule has 44 heavy (non-hydrogen) atoms. The first-order valence-electron chi connectivity index (χ1n) is 14.9. The molecule has 0 aliphatic heterocycles. The highest BCUT2D eigenvalue weighted by Gasteiger charge is 2.16. The number of hydrogen-bond donors (Lipinski definition) is 0. The molecule has 0 amide bonds. The van der Waals surface area contributed by atoms with Crippen LogP contribution in [0.5, 0.6) is 34.5 Å². The summed E-state index contributed by atoms with van der Waals surface area (Å²) >= 11 is 0. The van der Waals surface area contributed by atoms with Crippen LogP contribution in [-0.2, 0) is 0 Å². The van der Waals surface area contributed by atoms with Crippen LogP contribution >= 0.6 is 0 Å². The average molecular weight is 597 g/mol. The van der Waals surface area contributed by atoms with Crippen molar-refractivity contribution in [3.63, 3.8) is 0 Å². The van der Waals surface area contributed by atoms with Crippen LogP contribution in [0.15, 0.2) is 60.7 Å². The minimum Gasteiger partial charge on any atom is -0.493 e. The van der Waals surface area contributed by atoms with Gasteiger partial charge in [0.1, 0.15) is 0 Å². The predicted octanol–water partition coefficient (Wildman–Crippen LogP) is 9.28. The normalized spacial score (nSPS) is 11.6. The van der Waals surface area contributed by atoms with Gasteiger partial charge in [-0.05, 0) is 69.1 Å². The van der Waals surface area contributed by atoms with Gasteiger partial charge in [0.15, 0.2) is 23.0 Å². The molecule has 0 spiro atoms. The zero-order valence-electron chi connectivity index (χ0n) is 27.1. The van der Waals surface area contributed by atoms with Crippen molar-refractivity contribution in [1.82, 2.24) is 0 Å². The first-order chi connectivity index (χ1) is 21.3. The smallest absolute Gasteiger partial charge is 0.203 e. The summed E-state index contributed by atoms with van der Waals surface area (Å²) in [6.45, 7) is 9.59. The average Bonchev–Trinajstić information content (AvgIpc) is 3.03. The lowest BCUT2D eigenvalue weighted by atomic mass is 9.98. The van der Waals surface area contributed by atoms with E-state index in [0.717, 1.165) is 33.0 Å². The largest absolute Gasteiger partial charge is 0.493 e. The predicted molar refractivity (Wildman–Crippen MR) is 182 cm³/mol. The van der Waals surface area contributed by atoms with Crippen molar-refractivity contribution in [2.24, 2.45) is 11.8 Å². The summed E-state index contributed by atoms with van der Waals surface area (Å²) in [6, 6.07) is 20.6. The molecule has 0 fully saturated rings. The van der Waals surface area contributed by atoms with Crippen molar-refractivity contribution < 1.29 is 28.4 Å². The van der Waals surface area contributed by atoms with Gasteiger partial charge >= 0.3 is 0 Å². The van der Waals surface area contributed by atoms with E-state index in [1.165, 1.54) is 0 Å². The Morgan fingerprint density at radius 2 is 0.841 bits per heavy atom. The molecule has 0 heterocycles. The van der Waals surface area contributed by atoms with Crippen LogP contribution in [0.1, 0.15) is 49.9 Å². The molecule has 0 atom stereocenters. The molecule has 232 valence electrons. The van der Waals surface area contributed by atoms with Gasteiger partial charge in [0.2, 0.25) is 11.5 Å². The maximum Gasteiger partial charge on any atom is 0.203 e. The number of methoxy groups -OCH3 is 4. The summed E-state index contributed by atoms with van der Waals surface area (Å²) in [5.41, 5.74) is 4.11. The van der Waals surface area contributed by atoms with Gasteiger partial charge in [-0.3, -0.25) is 0 Å². The van der Waals surface area contributed by atoms with E-state index in [1.807, 2.05) is 24.3 Å². The first kappa shape index (κ1) is 32.3. The molecule has 0 radical (unpaired) electrons. The van der Waals surface area contributed by atoms with Crippen LogP contribution in [0.2, 0.25) is 0 Å². The Morgan fingerprint density at radius 1 is 0.500 bits per heavy atom. The molecule has 6 nitrogen and oxygen atoms in total. The van der Waals surface area contributed by atoms with Crippen molar-refractivity contribution >= 4 is 35.1 Å². The Morgan fingerprint density at radius 3 is 1.14 bits per heavy atom. The second-order valence-electron chi connectivity index (χ2n) is 11.4. The molecule has 0 aromatic heterocycles. The molecule has 4 aromatic rings. The molecule has 4 rings (SSSR count). The minimum atomic E-state index is 0.385. The zero-order chi connectivity index (χ0) is 31.6. The van der Waals surface area contributed by atoms with Crippen LogP contribution in [0.3, 0.4) is 0 Å². The second-order valence-corrected chi connectivity index (χ2v) is 11.4. The van der Waals surface area contributed by atoms with E-state index < -0.39 is 0 Å². The highest BCUT2D eigenvalue weighted by atomic mass is 16.5. The van der Waals surface area contributed by atoms with E-state index in [9.17, 15) is 0 Å². The third-order valence-electron chi connectivity index (χ3n) is 6.99.